The molecule has 0 aromatic heterocycles. The molecule has 0 heterocycles. The predicted molar refractivity (Wildman–Crippen MR) is 152 cm³/mol. The number of hydrogen-bond acceptors (Lipinski definition) is 11. The Kier molecular flexibility index (Phi) is 15.8. The van der Waals surface area contributed by atoms with Crippen LogP contribution in [0.4, 0.5) is 9.59 Å². The zero-order chi connectivity index (χ0) is 31.0. The Hall–Kier alpha value is -3.34. The first kappa shape index (κ1) is 35.7. The quantitative estimate of drug-likeness (QED) is 0.131. The largest absolute Gasteiger partial charge is 0.514 e. The van der Waals surface area contributed by atoms with Crippen LogP contribution in [0.15, 0.2) is 18.2 Å². The van der Waals surface area contributed by atoms with Crippen LogP contribution in [0.2, 0.25) is 0 Å². The molecule has 1 aromatic carbocycles. The first-order chi connectivity index (χ1) is 19.4. The van der Waals surface area contributed by atoms with Crippen LogP contribution in [-0.4, -0.2) is 55.2 Å². The highest BCUT2D eigenvalue weighted by molar-refractivity contribution is 5.81. The Balaban J connectivity index is 3.24. The molecule has 1 rings (SSSR count). The molecule has 0 aliphatic carbocycles. The van der Waals surface area contributed by atoms with Gasteiger partial charge in [-0.3, -0.25) is 9.59 Å². The molecule has 232 valence electrons. The van der Waals surface area contributed by atoms with Gasteiger partial charge in [-0.15, -0.1) is 0 Å². The molecule has 0 saturated heterocycles. The van der Waals surface area contributed by atoms with Crippen molar-refractivity contribution in [2.24, 2.45) is 5.73 Å². The first-order valence-electron chi connectivity index (χ1n) is 14.3. The van der Waals surface area contributed by atoms with E-state index in [2.05, 4.69) is 0 Å². The molecule has 0 amide bonds. The maximum absolute atomic E-state index is 12.8. The van der Waals surface area contributed by atoms with Gasteiger partial charge in [-0.25, -0.2) is 9.59 Å². The van der Waals surface area contributed by atoms with Crippen LogP contribution in [0.3, 0.4) is 0 Å². The Morgan fingerprint density at radius 2 is 1.37 bits per heavy atom. The van der Waals surface area contributed by atoms with Crippen LogP contribution in [-0.2, 0) is 35.0 Å². The minimum Gasteiger partial charge on any atom is -0.468 e. The highest BCUT2D eigenvalue weighted by atomic mass is 16.7. The standard InChI is InChI=1S/C30H47NO10/c1-8-11-14-26(32)37-22(6)18-30(31,27(33)36-7)19-23-15-16-24(40-28(34)38-20(4)12-9-2)25(17-23)41-29(35)39-21(5)13-10-3/h15-17,20-22H,8-14,18-19,31H2,1-7H3/t20-,21?,22?,30+/m0/s1. The van der Waals surface area contributed by atoms with E-state index in [0.717, 1.165) is 19.3 Å². The summed E-state index contributed by atoms with van der Waals surface area (Å²) in [6.07, 6.45) is 1.25. The summed E-state index contributed by atoms with van der Waals surface area (Å²) in [6.45, 7) is 11.0. The lowest BCUT2D eigenvalue weighted by molar-refractivity contribution is -0.155. The summed E-state index contributed by atoms with van der Waals surface area (Å²) in [5.74, 6) is -1.29. The third-order valence-electron chi connectivity index (χ3n) is 6.21. The van der Waals surface area contributed by atoms with Gasteiger partial charge >= 0.3 is 24.2 Å². The molecule has 2 unspecified atom stereocenters. The summed E-state index contributed by atoms with van der Waals surface area (Å²) in [4.78, 5) is 49.8. The van der Waals surface area contributed by atoms with Gasteiger partial charge in [-0.2, -0.15) is 0 Å². The summed E-state index contributed by atoms with van der Waals surface area (Å²) in [6, 6.07) is 4.40. The third kappa shape index (κ3) is 13.2. The molecule has 0 aliphatic rings. The lowest BCUT2D eigenvalue weighted by Crippen LogP contribution is -2.53. The molecule has 2 N–H and O–H groups in total. The van der Waals surface area contributed by atoms with E-state index in [1.807, 2.05) is 20.8 Å². The van der Waals surface area contributed by atoms with E-state index in [9.17, 15) is 19.2 Å². The molecule has 0 aliphatic heterocycles. The average Bonchev–Trinajstić information content (AvgIpc) is 2.88. The third-order valence-corrected chi connectivity index (χ3v) is 6.21. The van der Waals surface area contributed by atoms with Crippen molar-refractivity contribution in [2.45, 2.75) is 123 Å². The number of methoxy groups -OCH3 is 1. The Morgan fingerprint density at radius 3 is 1.88 bits per heavy atom. The van der Waals surface area contributed by atoms with Crippen molar-refractivity contribution in [3.63, 3.8) is 0 Å². The summed E-state index contributed by atoms with van der Waals surface area (Å²) in [5, 5.41) is 0. The Morgan fingerprint density at radius 1 is 0.805 bits per heavy atom. The minimum absolute atomic E-state index is 0.0236. The summed E-state index contributed by atoms with van der Waals surface area (Å²) in [5.41, 5.74) is 5.39. The molecule has 0 radical (unpaired) electrons. The number of hydrogen-bond donors (Lipinski definition) is 1. The average molecular weight is 582 g/mol. The number of ether oxygens (including phenoxy) is 6. The van der Waals surface area contributed by atoms with Crippen molar-refractivity contribution in [3.8, 4) is 11.5 Å². The van der Waals surface area contributed by atoms with Crippen molar-refractivity contribution in [1.82, 2.24) is 0 Å². The molecule has 0 bridgehead atoms. The minimum atomic E-state index is -1.58. The second-order valence-corrected chi connectivity index (χ2v) is 10.4. The van der Waals surface area contributed by atoms with Crippen molar-refractivity contribution in [3.05, 3.63) is 23.8 Å². The predicted octanol–water partition coefficient (Wildman–Crippen LogP) is 6.02. The van der Waals surface area contributed by atoms with Crippen molar-refractivity contribution >= 4 is 24.2 Å². The van der Waals surface area contributed by atoms with E-state index >= 15 is 0 Å². The zero-order valence-corrected chi connectivity index (χ0v) is 25.5. The fraction of sp³-hybridized carbons (Fsp3) is 0.667. The SMILES string of the molecule is CCCCC(=O)OC(C)C[C@@](N)(Cc1ccc(OC(=O)O[C@@H](C)CCC)c(OC(=O)OC(C)CCC)c1)C(=O)OC. The first-order valence-corrected chi connectivity index (χ1v) is 14.3. The van der Waals surface area contributed by atoms with Crippen LogP contribution in [0.1, 0.15) is 98.5 Å². The summed E-state index contributed by atoms with van der Waals surface area (Å²) in [7, 11) is 1.21. The van der Waals surface area contributed by atoms with Crippen molar-refractivity contribution in [1.29, 1.82) is 0 Å². The van der Waals surface area contributed by atoms with E-state index in [4.69, 9.17) is 34.2 Å². The van der Waals surface area contributed by atoms with Crippen LogP contribution in [0.25, 0.3) is 0 Å². The van der Waals surface area contributed by atoms with Crippen molar-refractivity contribution < 1.29 is 47.6 Å². The second kappa shape index (κ2) is 18.2. The van der Waals surface area contributed by atoms with Gasteiger partial charge in [0.05, 0.1) is 7.11 Å². The topological polar surface area (TPSA) is 150 Å². The number of carbonyl (C=O) groups excluding carboxylic acids is 4. The van der Waals surface area contributed by atoms with Gasteiger partial charge in [-0.05, 0) is 57.7 Å². The van der Waals surface area contributed by atoms with Gasteiger partial charge in [0.2, 0.25) is 0 Å². The number of nitrogens with two attached hydrogens (primary N) is 1. The van der Waals surface area contributed by atoms with E-state index in [1.165, 1.54) is 19.2 Å². The number of rotatable bonds is 17. The molecule has 0 fully saturated rings. The molecule has 11 nitrogen and oxygen atoms in total. The van der Waals surface area contributed by atoms with E-state index < -0.39 is 36.0 Å². The molecule has 11 heteroatoms. The van der Waals surface area contributed by atoms with Gasteiger partial charge in [0.15, 0.2) is 11.5 Å². The smallest absolute Gasteiger partial charge is 0.468 e. The Bertz CT molecular complexity index is 997. The zero-order valence-electron chi connectivity index (χ0n) is 25.5. The van der Waals surface area contributed by atoms with Gasteiger partial charge in [-0.1, -0.05) is 46.1 Å². The number of benzene rings is 1. The number of esters is 2. The van der Waals surface area contributed by atoms with Crippen LogP contribution < -0.4 is 15.2 Å². The monoisotopic (exact) mass is 581 g/mol. The highest BCUT2D eigenvalue weighted by Gasteiger charge is 2.38. The molecule has 0 spiro atoms. The number of carbonyl (C=O) groups is 4. The summed E-state index contributed by atoms with van der Waals surface area (Å²) < 4.78 is 31.7. The fourth-order valence-corrected chi connectivity index (χ4v) is 4.27. The second-order valence-electron chi connectivity index (χ2n) is 10.4. The highest BCUT2D eigenvalue weighted by Crippen LogP contribution is 2.32. The normalized spacial score (nSPS) is 14.5. The molecule has 4 atom stereocenters. The van der Waals surface area contributed by atoms with Crippen LogP contribution in [0, 0.1) is 0 Å². The van der Waals surface area contributed by atoms with Gasteiger partial charge in [0, 0.05) is 19.3 Å². The Labute approximate surface area is 243 Å². The van der Waals surface area contributed by atoms with Crippen LogP contribution >= 0.6 is 0 Å². The maximum Gasteiger partial charge on any atom is 0.514 e. The summed E-state index contributed by atoms with van der Waals surface area (Å²) >= 11 is 0. The van der Waals surface area contributed by atoms with Gasteiger partial charge < -0.3 is 34.2 Å². The molecule has 1 aromatic rings. The maximum atomic E-state index is 12.8. The lowest BCUT2D eigenvalue weighted by atomic mass is 9.86. The van der Waals surface area contributed by atoms with Gasteiger partial charge in [0.25, 0.3) is 0 Å². The molecule has 41 heavy (non-hydrogen) atoms. The van der Waals surface area contributed by atoms with Gasteiger partial charge in [0.1, 0.15) is 23.9 Å². The van der Waals surface area contributed by atoms with Crippen molar-refractivity contribution in [2.75, 3.05) is 7.11 Å². The molecular weight excluding hydrogens is 534 g/mol. The fourth-order valence-electron chi connectivity index (χ4n) is 4.27. The number of unbranched alkanes of at least 4 members (excludes halogenated alkanes) is 1. The van der Waals surface area contributed by atoms with E-state index in [1.54, 1.807) is 26.8 Å². The van der Waals surface area contributed by atoms with Crippen LogP contribution in [0.5, 0.6) is 11.5 Å². The van der Waals surface area contributed by atoms with E-state index in [0.29, 0.717) is 24.8 Å². The lowest BCUT2D eigenvalue weighted by Gasteiger charge is -2.29. The van der Waals surface area contributed by atoms with E-state index in [-0.39, 0.29) is 42.8 Å². The molecular formula is C30H47NO10. The molecule has 0 saturated carbocycles.